The van der Waals surface area contributed by atoms with Gasteiger partial charge in [-0.15, -0.1) is 0 Å². The first-order valence-corrected chi connectivity index (χ1v) is 7.57. The molecule has 2 aliphatic carbocycles. The number of aliphatic carboxylic acids is 1. The molecule has 3 rings (SSSR count). The van der Waals surface area contributed by atoms with Gasteiger partial charge in [0.1, 0.15) is 5.75 Å². The summed E-state index contributed by atoms with van der Waals surface area (Å²) in [6, 6.07) is 3.78. The molecule has 108 valence electrons. The Balaban J connectivity index is 2.00. The molecule has 2 aliphatic rings. The number of rotatable bonds is 5. The minimum Gasteiger partial charge on any atom is -0.491 e. The van der Waals surface area contributed by atoms with E-state index in [0.717, 1.165) is 17.5 Å². The maximum Gasteiger partial charge on any atom is 0.314 e. The van der Waals surface area contributed by atoms with Gasteiger partial charge in [0.2, 0.25) is 0 Å². The highest BCUT2D eigenvalue weighted by Gasteiger charge is 2.48. The molecule has 0 aromatic heterocycles. The average Bonchev–Trinajstić information content (AvgIpc) is 3.09. The maximum absolute atomic E-state index is 11.7. The number of halogens is 1. The lowest BCUT2D eigenvalue weighted by atomic mass is 9.64. The fraction of sp³-hybridized carbons (Fsp3) is 0.562. The van der Waals surface area contributed by atoms with Crippen LogP contribution in [0.5, 0.6) is 5.75 Å². The van der Waals surface area contributed by atoms with Crippen molar-refractivity contribution in [3.63, 3.8) is 0 Å². The Hall–Kier alpha value is -1.22. The van der Waals surface area contributed by atoms with Crippen molar-refractivity contribution in [1.29, 1.82) is 0 Å². The van der Waals surface area contributed by atoms with Crippen molar-refractivity contribution in [2.45, 2.75) is 44.4 Å². The Bertz CT molecular complexity index is 545. The minimum absolute atomic E-state index is 0.535. The molecule has 1 N–H and O–H groups in total. The van der Waals surface area contributed by atoms with E-state index in [0.29, 0.717) is 36.1 Å². The Morgan fingerprint density at radius 1 is 1.45 bits per heavy atom. The van der Waals surface area contributed by atoms with Gasteiger partial charge in [-0.1, -0.05) is 24.1 Å². The summed E-state index contributed by atoms with van der Waals surface area (Å²) in [6.07, 6.45) is 4.68. The predicted molar refractivity (Wildman–Crippen MR) is 77.6 cm³/mol. The Morgan fingerprint density at radius 2 is 2.15 bits per heavy atom. The molecule has 2 fully saturated rings. The number of carboxylic acid groups (broad SMARTS) is 1. The van der Waals surface area contributed by atoms with Gasteiger partial charge >= 0.3 is 5.97 Å². The average molecular weight is 295 g/mol. The van der Waals surface area contributed by atoms with E-state index in [4.69, 9.17) is 16.3 Å². The van der Waals surface area contributed by atoms with Gasteiger partial charge in [0.15, 0.2) is 0 Å². The highest BCUT2D eigenvalue weighted by molar-refractivity contribution is 6.32. The van der Waals surface area contributed by atoms with E-state index in [9.17, 15) is 9.90 Å². The summed E-state index contributed by atoms with van der Waals surface area (Å²) in [6.45, 7) is 2.58. The molecule has 2 saturated carbocycles. The second kappa shape index (κ2) is 4.96. The molecular formula is C16H19ClO3. The molecule has 0 aliphatic heterocycles. The third-order valence-corrected chi connectivity index (χ3v) is 4.76. The van der Waals surface area contributed by atoms with Crippen LogP contribution in [0.15, 0.2) is 12.1 Å². The van der Waals surface area contributed by atoms with Gasteiger partial charge in [0.25, 0.3) is 0 Å². The van der Waals surface area contributed by atoms with E-state index in [1.165, 1.54) is 12.8 Å². The molecule has 4 heteroatoms. The lowest BCUT2D eigenvalue weighted by molar-refractivity contribution is -0.147. The standard InChI is InChI=1S/C16H19ClO3/c1-10-7-12(16(15(18)19)5-2-6-16)14(13(17)8-10)20-9-11-3-4-11/h7-8,11H,2-6,9H2,1H3,(H,18,19). The number of benzene rings is 1. The predicted octanol–water partition coefficient (Wildman–Crippen LogP) is 3.94. The number of hydrogen-bond donors (Lipinski definition) is 1. The normalized spacial score (nSPS) is 20.3. The Kier molecular flexibility index (Phi) is 3.41. The molecule has 0 amide bonds. The largest absolute Gasteiger partial charge is 0.491 e. The van der Waals surface area contributed by atoms with Crippen LogP contribution < -0.4 is 4.74 Å². The van der Waals surface area contributed by atoms with E-state index >= 15 is 0 Å². The summed E-state index contributed by atoms with van der Waals surface area (Å²) in [4.78, 5) is 11.7. The SMILES string of the molecule is Cc1cc(Cl)c(OCC2CC2)c(C2(C(=O)O)CCC2)c1. The van der Waals surface area contributed by atoms with Gasteiger partial charge in [0.05, 0.1) is 17.0 Å². The lowest BCUT2D eigenvalue weighted by Gasteiger charge is -2.39. The third-order valence-electron chi connectivity index (χ3n) is 4.48. The first-order valence-electron chi connectivity index (χ1n) is 7.20. The fourth-order valence-corrected chi connectivity index (χ4v) is 3.17. The molecule has 0 radical (unpaired) electrons. The summed E-state index contributed by atoms with van der Waals surface area (Å²) in [5, 5.41) is 10.2. The van der Waals surface area contributed by atoms with Gasteiger partial charge in [-0.2, -0.15) is 0 Å². The van der Waals surface area contributed by atoms with Crippen molar-refractivity contribution in [2.24, 2.45) is 5.92 Å². The lowest BCUT2D eigenvalue weighted by Crippen LogP contribution is -2.42. The second-order valence-electron chi connectivity index (χ2n) is 6.12. The maximum atomic E-state index is 11.7. The highest BCUT2D eigenvalue weighted by atomic mass is 35.5. The molecule has 0 saturated heterocycles. The molecule has 0 spiro atoms. The number of aryl methyl sites for hydroxylation is 1. The van der Waals surface area contributed by atoms with Gasteiger partial charge in [-0.25, -0.2) is 0 Å². The van der Waals surface area contributed by atoms with Crippen molar-refractivity contribution >= 4 is 17.6 Å². The van der Waals surface area contributed by atoms with Crippen LogP contribution >= 0.6 is 11.6 Å². The van der Waals surface area contributed by atoms with Crippen LogP contribution in [0.4, 0.5) is 0 Å². The second-order valence-corrected chi connectivity index (χ2v) is 6.53. The van der Waals surface area contributed by atoms with Crippen molar-refractivity contribution < 1.29 is 14.6 Å². The van der Waals surface area contributed by atoms with Crippen molar-refractivity contribution in [3.8, 4) is 5.75 Å². The van der Waals surface area contributed by atoms with Gasteiger partial charge in [-0.05, 0) is 50.2 Å². The smallest absolute Gasteiger partial charge is 0.314 e. The first kappa shape index (κ1) is 13.7. The van der Waals surface area contributed by atoms with E-state index < -0.39 is 11.4 Å². The van der Waals surface area contributed by atoms with Crippen molar-refractivity contribution in [3.05, 3.63) is 28.3 Å². The third kappa shape index (κ3) is 2.28. The van der Waals surface area contributed by atoms with E-state index in [2.05, 4.69) is 0 Å². The summed E-state index contributed by atoms with van der Waals surface area (Å²) in [5.41, 5.74) is 0.951. The van der Waals surface area contributed by atoms with Crippen LogP contribution in [0, 0.1) is 12.8 Å². The van der Waals surface area contributed by atoms with Gasteiger partial charge in [0, 0.05) is 5.56 Å². The van der Waals surface area contributed by atoms with E-state index in [1.54, 1.807) is 0 Å². The zero-order valence-corrected chi connectivity index (χ0v) is 12.4. The Labute approximate surface area is 123 Å². The molecule has 3 nitrogen and oxygen atoms in total. The molecule has 0 bridgehead atoms. The van der Waals surface area contributed by atoms with E-state index in [-0.39, 0.29) is 0 Å². The van der Waals surface area contributed by atoms with Crippen LogP contribution in [-0.2, 0) is 10.2 Å². The highest BCUT2D eigenvalue weighted by Crippen LogP contribution is 2.50. The zero-order valence-electron chi connectivity index (χ0n) is 11.6. The topological polar surface area (TPSA) is 46.5 Å². The number of ether oxygens (including phenoxy) is 1. The number of carboxylic acids is 1. The first-order chi connectivity index (χ1) is 9.53. The number of hydrogen-bond acceptors (Lipinski definition) is 2. The minimum atomic E-state index is -0.797. The Morgan fingerprint density at radius 3 is 2.65 bits per heavy atom. The summed E-state index contributed by atoms with van der Waals surface area (Å²) >= 11 is 6.31. The van der Waals surface area contributed by atoms with Gasteiger partial charge < -0.3 is 9.84 Å². The molecule has 1 aromatic carbocycles. The molecular weight excluding hydrogens is 276 g/mol. The van der Waals surface area contributed by atoms with Crippen molar-refractivity contribution in [1.82, 2.24) is 0 Å². The van der Waals surface area contributed by atoms with Crippen LogP contribution in [-0.4, -0.2) is 17.7 Å². The summed E-state index contributed by atoms with van der Waals surface area (Å²) in [7, 11) is 0. The fourth-order valence-electron chi connectivity index (χ4n) is 2.85. The quantitative estimate of drug-likeness (QED) is 0.894. The van der Waals surface area contributed by atoms with Gasteiger partial charge in [-0.3, -0.25) is 4.79 Å². The van der Waals surface area contributed by atoms with Crippen LogP contribution in [0.1, 0.15) is 43.2 Å². The van der Waals surface area contributed by atoms with E-state index in [1.807, 2.05) is 19.1 Å². The molecule has 0 atom stereocenters. The molecule has 1 aromatic rings. The van der Waals surface area contributed by atoms with Crippen molar-refractivity contribution in [2.75, 3.05) is 6.61 Å². The monoisotopic (exact) mass is 294 g/mol. The summed E-state index contributed by atoms with van der Waals surface area (Å²) < 4.78 is 5.88. The van der Waals surface area contributed by atoms with Crippen LogP contribution in [0.3, 0.4) is 0 Å². The summed E-state index contributed by atoms with van der Waals surface area (Å²) in [5.74, 6) is 0.440. The number of carbonyl (C=O) groups is 1. The molecule has 20 heavy (non-hydrogen) atoms. The molecule has 0 heterocycles. The zero-order chi connectivity index (χ0) is 14.3. The molecule has 0 unspecified atom stereocenters. The van der Waals surface area contributed by atoms with Crippen LogP contribution in [0.2, 0.25) is 5.02 Å². The van der Waals surface area contributed by atoms with Crippen LogP contribution in [0.25, 0.3) is 0 Å².